The smallest absolute Gasteiger partial charge is 0.122 e. The Labute approximate surface area is 95.4 Å². The molecule has 0 aromatic carbocycles. The summed E-state index contributed by atoms with van der Waals surface area (Å²) in [7, 11) is 0. The molecular formula is C11H18N2OS. The van der Waals surface area contributed by atoms with Gasteiger partial charge in [-0.05, 0) is 32.8 Å². The molecule has 84 valence electrons. The molecule has 1 aliphatic heterocycles. The van der Waals surface area contributed by atoms with Gasteiger partial charge in [-0.15, -0.1) is 0 Å². The molecule has 3 nitrogen and oxygen atoms in total. The molecule has 1 saturated heterocycles. The van der Waals surface area contributed by atoms with E-state index in [9.17, 15) is 0 Å². The monoisotopic (exact) mass is 226 g/mol. The van der Waals surface area contributed by atoms with E-state index in [4.69, 9.17) is 17.0 Å². The van der Waals surface area contributed by atoms with Crippen molar-refractivity contribution < 1.29 is 4.74 Å². The molecule has 0 unspecified atom stereocenters. The van der Waals surface area contributed by atoms with Crippen LogP contribution in [0.5, 0.6) is 0 Å². The number of hydrogen-bond acceptors (Lipinski definition) is 2. The van der Waals surface area contributed by atoms with E-state index >= 15 is 0 Å². The van der Waals surface area contributed by atoms with Crippen LogP contribution in [-0.4, -0.2) is 23.0 Å². The Balaban J connectivity index is 2.21. The quantitative estimate of drug-likeness (QED) is 0.786. The highest BCUT2D eigenvalue weighted by molar-refractivity contribution is 7.71. The Morgan fingerprint density at radius 3 is 2.67 bits per heavy atom. The number of nitrogens with one attached hydrogen (secondary N) is 1. The zero-order valence-electron chi connectivity index (χ0n) is 9.32. The maximum Gasteiger partial charge on any atom is 0.122 e. The topological polar surface area (TPSA) is 29.9 Å². The predicted molar refractivity (Wildman–Crippen MR) is 62.8 cm³/mol. The van der Waals surface area contributed by atoms with Gasteiger partial charge in [0.25, 0.3) is 0 Å². The van der Waals surface area contributed by atoms with Crippen LogP contribution in [0.25, 0.3) is 0 Å². The minimum Gasteiger partial charge on any atom is -0.381 e. The first-order valence-corrected chi connectivity index (χ1v) is 5.98. The summed E-state index contributed by atoms with van der Waals surface area (Å²) >= 11 is 5.32. The number of rotatable bonds is 2. The number of ether oxygens (including phenoxy) is 1. The van der Waals surface area contributed by atoms with Gasteiger partial charge < -0.3 is 9.84 Å². The summed E-state index contributed by atoms with van der Waals surface area (Å²) in [5.41, 5.74) is 1.28. The second kappa shape index (κ2) is 4.49. The highest BCUT2D eigenvalue weighted by Crippen LogP contribution is 2.26. The van der Waals surface area contributed by atoms with Gasteiger partial charge >= 0.3 is 0 Å². The molecule has 1 aliphatic rings. The number of aromatic amines is 1. The minimum atomic E-state index is 0.408. The van der Waals surface area contributed by atoms with Crippen LogP contribution in [0.2, 0.25) is 0 Å². The Morgan fingerprint density at radius 1 is 1.47 bits per heavy atom. The zero-order valence-corrected chi connectivity index (χ0v) is 10.1. The number of H-pyrrole nitrogens is 1. The average Bonchev–Trinajstić information content (AvgIpc) is 2.62. The molecule has 2 heterocycles. The van der Waals surface area contributed by atoms with Gasteiger partial charge in [-0.3, -0.25) is 4.68 Å². The highest BCUT2D eigenvalue weighted by Gasteiger charge is 2.18. The third-order valence-corrected chi connectivity index (χ3v) is 3.26. The van der Waals surface area contributed by atoms with Crippen LogP contribution in [0, 0.1) is 4.64 Å². The Kier molecular flexibility index (Phi) is 3.26. The van der Waals surface area contributed by atoms with E-state index in [1.807, 2.05) is 0 Å². The fraction of sp³-hybridized carbons (Fsp3) is 0.727. The molecule has 0 radical (unpaired) electrons. The van der Waals surface area contributed by atoms with E-state index in [-0.39, 0.29) is 0 Å². The first-order chi connectivity index (χ1) is 7.18. The molecular weight excluding hydrogens is 208 g/mol. The zero-order chi connectivity index (χ0) is 10.8. The lowest BCUT2D eigenvalue weighted by Gasteiger charge is -2.20. The third-order valence-electron chi connectivity index (χ3n) is 2.94. The van der Waals surface area contributed by atoms with Crippen LogP contribution >= 0.6 is 12.2 Å². The highest BCUT2D eigenvalue weighted by atomic mass is 32.1. The molecule has 0 atom stereocenters. The molecule has 1 aromatic heterocycles. The van der Waals surface area contributed by atoms with Crippen LogP contribution in [0.1, 0.15) is 44.3 Å². The van der Waals surface area contributed by atoms with Crippen molar-refractivity contribution in [1.29, 1.82) is 0 Å². The van der Waals surface area contributed by atoms with Crippen molar-refractivity contribution in [3.05, 3.63) is 16.4 Å². The number of aromatic nitrogens is 2. The Morgan fingerprint density at radius 2 is 2.13 bits per heavy atom. The van der Waals surface area contributed by atoms with Crippen LogP contribution in [-0.2, 0) is 4.74 Å². The second-order valence-electron chi connectivity index (χ2n) is 4.40. The van der Waals surface area contributed by atoms with E-state index in [2.05, 4.69) is 29.7 Å². The second-order valence-corrected chi connectivity index (χ2v) is 4.82. The van der Waals surface area contributed by atoms with E-state index in [0.29, 0.717) is 12.0 Å². The summed E-state index contributed by atoms with van der Waals surface area (Å²) in [6.07, 6.45) is 2.21. The van der Waals surface area contributed by atoms with Crippen LogP contribution < -0.4 is 0 Å². The summed E-state index contributed by atoms with van der Waals surface area (Å²) in [5, 5.41) is 3.41. The molecule has 15 heavy (non-hydrogen) atoms. The van der Waals surface area contributed by atoms with Gasteiger partial charge in [0, 0.05) is 30.9 Å². The molecule has 0 bridgehead atoms. The molecule has 0 amide bonds. The van der Waals surface area contributed by atoms with Crippen LogP contribution in [0.4, 0.5) is 0 Å². The molecule has 1 aromatic rings. The van der Waals surface area contributed by atoms with Gasteiger partial charge in [-0.1, -0.05) is 12.2 Å². The van der Waals surface area contributed by atoms with Crippen molar-refractivity contribution in [3.8, 4) is 0 Å². The van der Waals surface area contributed by atoms with Crippen LogP contribution in [0.3, 0.4) is 0 Å². The number of nitrogens with zero attached hydrogens (tertiary/aromatic N) is 1. The lowest BCUT2D eigenvalue weighted by Crippen LogP contribution is -2.15. The average molecular weight is 226 g/mol. The van der Waals surface area contributed by atoms with Gasteiger partial charge in [0.1, 0.15) is 4.64 Å². The molecule has 2 rings (SSSR count). The fourth-order valence-electron chi connectivity index (χ4n) is 2.03. The Hall–Kier alpha value is -0.610. The molecule has 0 aliphatic carbocycles. The fourth-order valence-corrected chi connectivity index (χ4v) is 2.41. The maximum atomic E-state index is 5.36. The summed E-state index contributed by atoms with van der Waals surface area (Å²) in [6, 6.07) is 2.51. The molecule has 0 spiro atoms. The SMILES string of the molecule is CC(C)n1[nH]c(C2CCOCC2)cc1=S. The number of hydrogen-bond donors (Lipinski definition) is 1. The van der Waals surface area contributed by atoms with Gasteiger partial charge in [0.2, 0.25) is 0 Å². The largest absolute Gasteiger partial charge is 0.381 e. The van der Waals surface area contributed by atoms with Crippen molar-refractivity contribution in [2.24, 2.45) is 0 Å². The molecule has 4 heteroatoms. The van der Waals surface area contributed by atoms with E-state index in [0.717, 1.165) is 30.7 Å². The molecule has 0 saturated carbocycles. The summed E-state index contributed by atoms with van der Waals surface area (Å²) in [4.78, 5) is 0. The summed E-state index contributed by atoms with van der Waals surface area (Å²) in [6.45, 7) is 6.02. The normalized spacial score (nSPS) is 18.6. The predicted octanol–water partition coefficient (Wildman–Crippen LogP) is 3.02. The van der Waals surface area contributed by atoms with Crippen molar-refractivity contribution in [2.45, 2.75) is 38.6 Å². The third kappa shape index (κ3) is 2.32. The molecule has 1 N–H and O–H groups in total. The van der Waals surface area contributed by atoms with E-state index in [1.165, 1.54) is 5.69 Å². The summed E-state index contributed by atoms with van der Waals surface area (Å²) < 4.78 is 8.32. The summed E-state index contributed by atoms with van der Waals surface area (Å²) in [5.74, 6) is 0.598. The first kappa shape index (κ1) is 10.9. The first-order valence-electron chi connectivity index (χ1n) is 5.57. The van der Waals surface area contributed by atoms with E-state index in [1.54, 1.807) is 0 Å². The van der Waals surface area contributed by atoms with Crippen molar-refractivity contribution >= 4 is 12.2 Å². The van der Waals surface area contributed by atoms with Crippen molar-refractivity contribution in [3.63, 3.8) is 0 Å². The van der Waals surface area contributed by atoms with Gasteiger partial charge in [0.05, 0.1) is 0 Å². The van der Waals surface area contributed by atoms with Gasteiger partial charge in [0.15, 0.2) is 0 Å². The van der Waals surface area contributed by atoms with Crippen LogP contribution in [0.15, 0.2) is 6.07 Å². The molecule has 1 fully saturated rings. The standard InChI is InChI=1S/C11H18N2OS/c1-8(2)13-11(15)7-10(12-13)9-3-5-14-6-4-9/h7-9,12H,3-6H2,1-2H3. The minimum absolute atomic E-state index is 0.408. The van der Waals surface area contributed by atoms with Gasteiger partial charge in [-0.2, -0.15) is 0 Å². The van der Waals surface area contributed by atoms with Crippen molar-refractivity contribution in [1.82, 2.24) is 9.78 Å². The Bertz CT molecular complexity index is 374. The van der Waals surface area contributed by atoms with Gasteiger partial charge in [-0.25, -0.2) is 0 Å². The lowest BCUT2D eigenvalue weighted by molar-refractivity contribution is 0.0843. The van der Waals surface area contributed by atoms with Crippen molar-refractivity contribution in [2.75, 3.05) is 13.2 Å². The van der Waals surface area contributed by atoms with E-state index < -0.39 is 0 Å². The lowest BCUT2D eigenvalue weighted by atomic mass is 9.97. The maximum absolute atomic E-state index is 5.36.